The quantitative estimate of drug-likeness (QED) is 0.416. The Morgan fingerprint density at radius 2 is 1.97 bits per heavy atom. The van der Waals surface area contributed by atoms with Gasteiger partial charge in [-0.15, -0.1) is 6.58 Å². The molecule has 2 saturated heterocycles. The molecule has 5 aliphatic rings. The van der Waals surface area contributed by atoms with Gasteiger partial charge in [0.1, 0.15) is 12.6 Å². The lowest BCUT2D eigenvalue weighted by Gasteiger charge is -2.64. The molecule has 2 aliphatic heterocycles. The average molecular weight is 508 g/mol. The van der Waals surface area contributed by atoms with E-state index in [2.05, 4.69) is 38.0 Å². The van der Waals surface area contributed by atoms with Gasteiger partial charge in [-0.25, -0.2) is 4.79 Å². The van der Waals surface area contributed by atoms with Crippen LogP contribution in [0.25, 0.3) is 0 Å². The first kappa shape index (κ1) is 25.8. The van der Waals surface area contributed by atoms with Crippen molar-refractivity contribution in [3.8, 4) is 0 Å². The Morgan fingerprint density at radius 3 is 2.65 bits per heavy atom. The lowest BCUT2D eigenvalue weighted by Crippen LogP contribution is -2.65. The van der Waals surface area contributed by atoms with Crippen molar-refractivity contribution < 1.29 is 23.7 Å². The molecule has 0 aromatic heterocycles. The largest absolute Gasteiger partial charge is 0.482 e. The molecule has 2 N–H and O–H groups in total. The van der Waals surface area contributed by atoms with E-state index in [9.17, 15) is 14.4 Å². The van der Waals surface area contributed by atoms with Crippen LogP contribution in [0.3, 0.4) is 0 Å². The Morgan fingerprint density at radius 1 is 1.24 bits per heavy atom. The number of carbonyl (C=O) groups is 3. The van der Waals surface area contributed by atoms with Crippen molar-refractivity contribution in [2.45, 2.75) is 63.7 Å². The number of likely N-dealkylation sites (N-methyl/N-ethyl adjacent to an activating group) is 1. The Balaban J connectivity index is 1.21. The van der Waals surface area contributed by atoms with Gasteiger partial charge in [-0.1, -0.05) is 38.1 Å². The van der Waals surface area contributed by atoms with E-state index < -0.39 is 19.1 Å². The summed E-state index contributed by atoms with van der Waals surface area (Å²) in [6.45, 7) is 10.6. The SMILES string of the molecule is C=CC[C@H](NC(=O)[C@@H]1CN(CC(=O)Nc2ccccc2)C(=O)N1C)B1OC2CC3CC(C3(C)C)[C@]2(C)O1. The van der Waals surface area contributed by atoms with E-state index in [0.717, 1.165) is 12.8 Å². The average Bonchev–Trinajstić information content (AvgIpc) is 3.35. The summed E-state index contributed by atoms with van der Waals surface area (Å²) in [4.78, 5) is 41.4. The molecule has 2 heterocycles. The first-order valence-electron chi connectivity index (χ1n) is 13.2. The van der Waals surface area contributed by atoms with Crippen molar-refractivity contribution in [1.82, 2.24) is 15.1 Å². The topological polar surface area (TPSA) is 100 Å². The number of nitrogens with zero attached hydrogens (tertiary/aromatic N) is 2. The molecule has 6 atom stereocenters. The Labute approximate surface area is 219 Å². The number of amides is 4. The van der Waals surface area contributed by atoms with Crippen LogP contribution in [0, 0.1) is 17.3 Å². The molecule has 3 saturated carbocycles. The number of carbonyl (C=O) groups excluding carboxylic acids is 3. The molecule has 198 valence electrons. The van der Waals surface area contributed by atoms with Crippen molar-refractivity contribution in [2.75, 3.05) is 25.5 Å². The van der Waals surface area contributed by atoms with E-state index in [1.807, 2.05) is 18.2 Å². The van der Waals surface area contributed by atoms with Gasteiger partial charge < -0.3 is 29.7 Å². The van der Waals surface area contributed by atoms with Gasteiger partial charge in [-0.3, -0.25) is 9.59 Å². The van der Waals surface area contributed by atoms with E-state index >= 15 is 0 Å². The minimum absolute atomic E-state index is 0.00726. The zero-order valence-corrected chi connectivity index (χ0v) is 22.1. The fourth-order valence-corrected chi connectivity index (χ4v) is 6.82. The van der Waals surface area contributed by atoms with Gasteiger partial charge in [0.05, 0.1) is 24.2 Å². The maximum Gasteiger partial charge on any atom is 0.482 e. The second kappa shape index (κ2) is 9.47. The van der Waals surface area contributed by atoms with Crippen LogP contribution in [0.4, 0.5) is 10.5 Å². The van der Waals surface area contributed by atoms with Crippen molar-refractivity contribution in [1.29, 1.82) is 0 Å². The van der Waals surface area contributed by atoms with E-state index in [-0.39, 0.29) is 48.1 Å². The third-order valence-corrected chi connectivity index (χ3v) is 9.17. The summed E-state index contributed by atoms with van der Waals surface area (Å²) in [5, 5.41) is 5.84. The van der Waals surface area contributed by atoms with Crippen LogP contribution < -0.4 is 10.6 Å². The van der Waals surface area contributed by atoms with Gasteiger partial charge in [-0.05, 0) is 55.6 Å². The van der Waals surface area contributed by atoms with Crippen LogP contribution in [-0.4, -0.2) is 78.6 Å². The zero-order valence-electron chi connectivity index (χ0n) is 22.1. The van der Waals surface area contributed by atoms with E-state index in [0.29, 0.717) is 23.9 Å². The molecular formula is C27H37BN4O5. The number of hydrogen-bond acceptors (Lipinski definition) is 5. The standard InChI is InChI=1S/C27H37BN4O5/c1-6-10-22(28-36-21-14-17-13-20(26(17,2)3)27(21,4)37-28)30-24(34)19-15-32(25(35)31(19)5)16-23(33)29-18-11-8-7-9-12-18/h6-9,11-12,17,19-22H,1,10,13-16H2,2-5H3,(H,29,33)(H,30,34)/t17?,19-,20?,21?,22-,27-/m0/s1. The minimum atomic E-state index is -0.727. The maximum atomic E-state index is 13.4. The van der Waals surface area contributed by atoms with Gasteiger partial charge in [0.2, 0.25) is 11.8 Å². The molecule has 4 amide bonds. The smallest absolute Gasteiger partial charge is 0.404 e. The number of urea groups is 1. The highest BCUT2D eigenvalue weighted by molar-refractivity contribution is 6.48. The highest BCUT2D eigenvalue weighted by atomic mass is 16.7. The fraction of sp³-hybridized carbons (Fsp3) is 0.593. The molecule has 2 bridgehead atoms. The predicted molar refractivity (Wildman–Crippen MR) is 140 cm³/mol. The first-order chi connectivity index (χ1) is 17.5. The summed E-state index contributed by atoms with van der Waals surface area (Å²) in [5.41, 5.74) is 0.501. The van der Waals surface area contributed by atoms with Gasteiger partial charge in [0.25, 0.3) is 0 Å². The molecule has 5 fully saturated rings. The van der Waals surface area contributed by atoms with Gasteiger partial charge in [0.15, 0.2) is 0 Å². The lowest BCUT2D eigenvalue weighted by atomic mass is 9.43. The monoisotopic (exact) mass is 508 g/mol. The second-order valence-corrected chi connectivity index (χ2v) is 11.7. The number of nitrogens with one attached hydrogen (secondary N) is 2. The molecule has 10 heteroatoms. The molecule has 6 rings (SSSR count). The highest BCUT2D eigenvalue weighted by Gasteiger charge is 2.68. The van der Waals surface area contributed by atoms with Crippen LogP contribution in [-0.2, 0) is 18.9 Å². The second-order valence-electron chi connectivity index (χ2n) is 11.7. The van der Waals surface area contributed by atoms with Gasteiger partial charge in [0, 0.05) is 12.7 Å². The summed E-state index contributed by atoms with van der Waals surface area (Å²) in [6, 6.07) is 7.96. The van der Waals surface area contributed by atoms with E-state index in [1.165, 1.54) is 9.80 Å². The number of benzene rings is 1. The molecule has 9 nitrogen and oxygen atoms in total. The highest BCUT2D eigenvalue weighted by Crippen LogP contribution is 2.65. The summed E-state index contributed by atoms with van der Waals surface area (Å²) < 4.78 is 13.0. The molecule has 3 aliphatic carbocycles. The van der Waals surface area contributed by atoms with Crippen molar-refractivity contribution in [3.05, 3.63) is 43.0 Å². The van der Waals surface area contributed by atoms with Crippen LogP contribution in [0.15, 0.2) is 43.0 Å². The molecule has 1 aromatic rings. The normalized spacial score (nSPS) is 32.4. The van der Waals surface area contributed by atoms with Gasteiger partial charge >= 0.3 is 13.1 Å². The zero-order chi connectivity index (χ0) is 26.5. The number of para-hydroxylation sites is 1. The minimum Gasteiger partial charge on any atom is -0.404 e. The Bertz CT molecular complexity index is 1080. The maximum absolute atomic E-state index is 13.4. The summed E-state index contributed by atoms with van der Waals surface area (Å²) in [6.07, 6.45) is 4.34. The summed E-state index contributed by atoms with van der Waals surface area (Å²) in [5.74, 6) is 0.0113. The number of anilines is 1. The molecular weight excluding hydrogens is 471 g/mol. The van der Waals surface area contributed by atoms with Crippen LogP contribution in [0.1, 0.15) is 40.0 Å². The summed E-state index contributed by atoms with van der Waals surface area (Å²) in [7, 11) is 1.000. The predicted octanol–water partition coefficient (Wildman–Crippen LogP) is 2.69. The molecule has 1 aromatic carbocycles. The number of hydrogen-bond donors (Lipinski definition) is 2. The van der Waals surface area contributed by atoms with E-state index in [4.69, 9.17) is 9.31 Å². The molecule has 37 heavy (non-hydrogen) atoms. The molecule has 0 radical (unpaired) electrons. The summed E-state index contributed by atoms with van der Waals surface area (Å²) >= 11 is 0. The van der Waals surface area contributed by atoms with E-state index in [1.54, 1.807) is 25.3 Å². The first-order valence-corrected chi connectivity index (χ1v) is 13.2. The van der Waals surface area contributed by atoms with Crippen LogP contribution >= 0.6 is 0 Å². The third-order valence-electron chi connectivity index (χ3n) is 9.17. The third kappa shape index (κ3) is 4.44. The molecule has 0 spiro atoms. The Kier molecular flexibility index (Phi) is 6.60. The van der Waals surface area contributed by atoms with Crippen LogP contribution in [0.5, 0.6) is 0 Å². The lowest BCUT2D eigenvalue weighted by molar-refractivity contribution is -0.199. The van der Waals surface area contributed by atoms with Crippen molar-refractivity contribution >= 4 is 30.7 Å². The van der Waals surface area contributed by atoms with Gasteiger partial charge in [-0.2, -0.15) is 0 Å². The van der Waals surface area contributed by atoms with Crippen molar-refractivity contribution in [2.24, 2.45) is 17.3 Å². The Hall–Kier alpha value is -2.85. The fourth-order valence-electron chi connectivity index (χ4n) is 6.82. The van der Waals surface area contributed by atoms with Crippen LogP contribution in [0.2, 0.25) is 0 Å². The molecule has 3 unspecified atom stereocenters. The van der Waals surface area contributed by atoms with Crippen molar-refractivity contribution in [3.63, 3.8) is 0 Å². The number of rotatable bonds is 8.